The number of sulfone groups is 1. The zero-order valence-corrected chi connectivity index (χ0v) is 17.1. The lowest BCUT2D eigenvalue weighted by molar-refractivity contribution is 0.0681. The van der Waals surface area contributed by atoms with Crippen LogP contribution < -0.4 is 0 Å². The van der Waals surface area contributed by atoms with Crippen molar-refractivity contribution in [1.29, 1.82) is 0 Å². The van der Waals surface area contributed by atoms with Gasteiger partial charge in [0.25, 0.3) is 5.91 Å². The van der Waals surface area contributed by atoms with Crippen LogP contribution in [0.3, 0.4) is 0 Å². The summed E-state index contributed by atoms with van der Waals surface area (Å²) < 4.78 is 24.0. The molecule has 2 aromatic carbocycles. The molecule has 1 saturated heterocycles. The third kappa shape index (κ3) is 4.71. The van der Waals surface area contributed by atoms with Crippen molar-refractivity contribution < 1.29 is 13.2 Å². The maximum Gasteiger partial charge on any atom is 0.255 e. The first-order valence-electron chi connectivity index (χ1n) is 9.11. The van der Waals surface area contributed by atoms with Crippen LogP contribution in [0.15, 0.2) is 48.5 Å². The monoisotopic (exact) mass is 405 g/mol. The molecule has 0 aromatic heterocycles. The number of hydrogen-bond donors (Lipinski definition) is 0. The van der Waals surface area contributed by atoms with E-state index in [-0.39, 0.29) is 23.5 Å². The van der Waals surface area contributed by atoms with Crippen molar-refractivity contribution in [3.05, 3.63) is 70.2 Å². The van der Waals surface area contributed by atoms with E-state index in [1.165, 1.54) is 5.56 Å². The summed E-state index contributed by atoms with van der Waals surface area (Å²) in [5, 5.41) is 0.378. The summed E-state index contributed by atoms with van der Waals surface area (Å²) in [6.45, 7) is 4.62. The fourth-order valence-electron chi connectivity index (χ4n) is 3.38. The van der Waals surface area contributed by atoms with Gasteiger partial charge in [0.15, 0.2) is 9.84 Å². The van der Waals surface area contributed by atoms with Crippen molar-refractivity contribution in [3.63, 3.8) is 0 Å². The predicted octanol–water partition coefficient (Wildman–Crippen LogP) is 4.29. The van der Waals surface area contributed by atoms with Gasteiger partial charge in [-0.25, -0.2) is 8.42 Å². The van der Waals surface area contributed by atoms with Gasteiger partial charge >= 0.3 is 0 Å². The van der Waals surface area contributed by atoms with E-state index in [2.05, 4.69) is 26.0 Å². The van der Waals surface area contributed by atoms with Crippen LogP contribution in [0.25, 0.3) is 0 Å². The SMILES string of the molecule is CC(C)c1ccc(CN(C(=O)c2ccccc2Cl)C2CCS(=O)(=O)C2)cc1. The zero-order valence-electron chi connectivity index (χ0n) is 15.6. The first-order valence-corrected chi connectivity index (χ1v) is 11.3. The first kappa shape index (κ1) is 19.9. The molecule has 0 spiro atoms. The number of amides is 1. The topological polar surface area (TPSA) is 54.5 Å². The van der Waals surface area contributed by atoms with Crippen LogP contribution in [-0.2, 0) is 16.4 Å². The van der Waals surface area contributed by atoms with Crippen molar-refractivity contribution in [1.82, 2.24) is 4.90 Å². The highest BCUT2D eigenvalue weighted by molar-refractivity contribution is 7.91. The second-order valence-corrected chi connectivity index (χ2v) is 10.0. The predicted molar refractivity (Wildman–Crippen MR) is 109 cm³/mol. The lowest BCUT2D eigenvalue weighted by Gasteiger charge is -2.29. The second-order valence-electron chi connectivity index (χ2n) is 7.37. The molecule has 0 bridgehead atoms. The summed E-state index contributed by atoms with van der Waals surface area (Å²) in [6.07, 6.45) is 0.461. The van der Waals surface area contributed by atoms with Crippen molar-refractivity contribution >= 4 is 27.3 Å². The molecular formula is C21H24ClNO3S. The van der Waals surface area contributed by atoms with Crippen molar-refractivity contribution in [2.75, 3.05) is 11.5 Å². The van der Waals surface area contributed by atoms with Gasteiger partial charge in [-0.1, -0.05) is 61.8 Å². The number of nitrogens with zero attached hydrogens (tertiary/aromatic N) is 1. The molecule has 1 aliphatic rings. The highest BCUT2D eigenvalue weighted by Crippen LogP contribution is 2.25. The fraction of sp³-hybridized carbons (Fsp3) is 0.381. The third-order valence-corrected chi connectivity index (χ3v) is 7.09. The number of benzene rings is 2. The maximum absolute atomic E-state index is 13.2. The molecule has 2 aromatic rings. The van der Waals surface area contributed by atoms with E-state index < -0.39 is 9.84 Å². The van der Waals surface area contributed by atoms with Gasteiger partial charge in [0.2, 0.25) is 0 Å². The lowest BCUT2D eigenvalue weighted by atomic mass is 10.0. The van der Waals surface area contributed by atoms with Gasteiger partial charge in [0.1, 0.15) is 0 Å². The largest absolute Gasteiger partial charge is 0.330 e. The molecule has 27 heavy (non-hydrogen) atoms. The van der Waals surface area contributed by atoms with Gasteiger partial charge in [-0.15, -0.1) is 0 Å². The van der Waals surface area contributed by atoms with Crippen LogP contribution in [0.5, 0.6) is 0 Å². The quantitative estimate of drug-likeness (QED) is 0.745. The molecule has 1 heterocycles. The third-order valence-electron chi connectivity index (χ3n) is 5.01. The maximum atomic E-state index is 13.2. The summed E-state index contributed by atoms with van der Waals surface area (Å²) in [6, 6.07) is 14.7. The lowest BCUT2D eigenvalue weighted by Crippen LogP contribution is -2.40. The molecule has 1 unspecified atom stereocenters. The Balaban J connectivity index is 1.90. The second kappa shape index (κ2) is 8.03. The molecule has 144 valence electrons. The standard InChI is InChI=1S/C21H24ClNO3S/c1-15(2)17-9-7-16(8-10-17)13-23(18-11-12-27(25,26)14-18)21(24)19-5-3-4-6-20(19)22/h3-10,15,18H,11-14H2,1-2H3. The molecule has 3 rings (SSSR count). The van der Waals surface area contributed by atoms with Gasteiger partial charge in [-0.2, -0.15) is 0 Å². The van der Waals surface area contributed by atoms with E-state index in [1.807, 2.05) is 12.1 Å². The number of hydrogen-bond acceptors (Lipinski definition) is 3. The molecular weight excluding hydrogens is 382 g/mol. The first-order chi connectivity index (χ1) is 12.8. The molecule has 1 aliphatic heterocycles. The van der Waals surface area contributed by atoms with Crippen molar-refractivity contribution in [2.24, 2.45) is 0 Å². The fourth-order valence-corrected chi connectivity index (χ4v) is 5.33. The van der Waals surface area contributed by atoms with E-state index in [4.69, 9.17) is 11.6 Å². The Morgan fingerprint density at radius 2 is 1.81 bits per heavy atom. The van der Waals surface area contributed by atoms with E-state index in [1.54, 1.807) is 29.2 Å². The van der Waals surface area contributed by atoms with Gasteiger partial charge in [-0.3, -0.25) is 4.79 Å². The van der Waals surface area contributed by atoms with Crippen LogP contribution >= 0.6 is 11.6 Å². The zero-order chi connectivity index (χ0) is 19.6. The number of halogens is 1. The molecule has 0 saturated carbocycles. The van der Waals surface area contributed by atoms with E-state index in [0.29, 0.717) is 29.5 Å². The average Bonchev–Trinajstić information content (AvgIpc) is 2.99. The van der Waals surface area contributed by atoms with E-state index >= 15 is 0 Å². The minimum Gasteiger partial charge on any atom is -0.330 e. The summed E-state index contributed by atoms with van der Waals surface area (Å²) >= 11 is 6.22. The number of rotatable bonds is 5. The smallest absolute Gasteiger partial charge is 0.255 e. The summed E-state index contributed by atoms with van der Waals surface area (Å²) in [4.78, 5) is 14.9. The minimum absolute atomic E-state index is 0.00721. The molecule has 6 heteroatoms. The molecule has 1 fully saturated rings. The van der Waals surface area contributed by atoms with E-state index in [0.717, 1.165) is 5.56 Å². The number of carbonyl (C=O) groups is 1. The molecule has 0 N–H and O–H groups in total. The highest BCUT2D eigenvalue weighted by Gasteiger charge is 2.35. The van der Waals surface area contributed by atoms with Crippen LogP contribution in [0.2, 0.25) is 5.02 Å². The van der Waals surface area contributed by atoms with Crippen LogP contribution in [-0.4, -0.2) is 36.8 Å². The highest BCUT2D eigenvalue weighted by atomic mass is 35.5. The Labute approximate surface area is 166 Å². The Morgan fingerprint density at radius 3 is 2.37 bits per heavy atom. The average molecular weight is 406 g/mol. The normalized spacial score (nSPS) is 18.6. The Kier molecular flexibility index (Phi) is 5.92. The molecule has 4 nitrogen and oxygen atoms in total. The summed E-state index contributed by atoms with van der Waals surface area (Å²) in [5.74, 6) is 0.333. The van der Waals surface area contributed by atoms with E-state index in [9.17, 15) is 13.2 Å². The Bertz CT molecular complexity index is 923. The Hall–Kier alpha value is -1.85. The summed E-state index contributed by atoms with van der Waals surface area (Å²) in [7, 11) is -3.10. The van der Waals surface area contributed by atoms with Crippen molar-refractivity contribution in [3.8, 4) is 0 Å². The molecule has 0 aliphatic carbocycles. The van der Waals surface area contributed by atoms with Crippen LogP contribution in [0, 0.1) is 0 Å². The molecule has 0 radical (unpaired) electrons. The van der Waals surface area contributed by atoms with Crippen LogP contribution in [0.1, 0.15) is 47.7 Å². The number of carbonyl (C=O) groups excluding carboxylic acids is 1. The molecule has 1 atom stereocenters. The Morgan fingerprint density at radius 1 is 1.15 bits per heavy atom. The van der Waals surface area contributed by atoms with Gasteiger partial charge in [0, 0.05) is 12.6 Å². The van der Waals surface area contributed by atoms with Gasteiger partial charge < -0.3 is 4.90 Å². The van der Waals surface area contributed by atoms with Crippen molar-refractivity contribution in [2.45, 2.75) is 38.8 Å². The van der Waals surface area contributed by atoms with Gasteiger partial charge in [0.05, 0.1) is 22.1 Å². The van der Waals surface area contributed by atoms with Crippen LogP contribution in [0.4, 0.5) is 0 Å². The van der Waals surface area contributed by atoms with Gasteiger partial charge in [-0.05, 0) is 35.6 Å². The molecule has 1 amide bonds. The summed E-state index contributed by atoms with van der Waals surface area (Å²) in [5.41, 5.74) is 2.61. The minimum atomic E-state index is -3.10.